The lowest BCUT2D eigenvalue weighted by atomic mass is 10.2. The van der Waals surface area contributed by atoms with Gasteiger partial charge in [0.1, 0.15) is 5.82 Å². The average Bonchev–Trinajstić information content (AvgIpc) is 2.28. The van der Waals surface area contributed by atoms with Gasteiger partial charge < -0.3 is 11.1 Å². The zero-order chi connectivity index (χ0) is 12.4. The Labute approximate surface area is 112 Å². The van der Waals surface area contributed by atoms with E-state index in [0.29, 0.717) is 11.5 Å². The van der Waals surface area contributed by atoms with Crippen LogP contribution in [-0.2, 0) is 0 Å². The molecular formula is C12H11FIN3. The Hall–Kier alpha value is -1.37. The van der Waals surface area contributed by atoms with Crippen LogP contribution >= 0.6 is 22.6 Å². The molecule has 0 aliphatic rings. The second-order valence-corrected chi connectivity index (χ2v) is 4.80. The summed E-state index contributed by atoms with van der Waals surface area (Å²) in [6.45, 7) is 1.91. The number of nitrogen functional groups attached to an aromatic ring is 1. The summed E-state index contributed by atoms with van der Waals surface area (Å²) in [6, 6.07) is 6.36. The number of aromatic nitrogens is 1. The summed E-state index contributed by atoms with van der Waals surface area (Å²) < 4.78 is 13.7. The maximum Gasteiger partial charge on any atom is 0.153 e. The van der Waals surface area contributed by atoms with Gasteiger partial charge >= 0.3 is 0 Å². The maximum absolute atomic E-state index is 13.0. The third-order valence-corrected chi connectivity index (χ3v) is 3.28. The lowest BCUT2D eigenvalue weighted by molar-refractivity contribution is 0.627. The van der Waals surface area contributed by atoms with E-state index in [1.165, 1.54) is 12.1 Å². The Bertz CT molecular complexity index is 557. The number of pyridine rings is 1. The van der Waals surface area contributed by atoms with Crippen molar-refractivity contribution in [1.82, 2.24) is 4.98 Å². The van der Waals surface area contributed by atoms with E-state index in [2.05, 4.69) is 32.9 Å². The summed E-state index contributed by atoms with van der Waals surface area (Å²) in [7, 11) is 0. The first-order valence-corrected chi connectivity index (χ1v) is 6.09. The van der Waals surface area contributed by atoms with E-state index in [1.807, 2.05) is 13.0 Å². The number of rotatable bonds is 2. The quantitative estimate of drug-likeness (QED) is 0.821. The predicted octanol–water partition coefficient (Wildman–Crippen LogP) is 3.46. The van der Waals surface area contributed by atoms with Gasteiger partial charge in [-0.2, -0.15) is 0 Å². The number of nitrogens with one attached hydrogen (secondary N) is 1. The lowest BCUT2D eigenvalue weighted by Gasteiger charge is -2.11. The third kappa shape index (κ3) is 2.66. The highest BCUT2D eigenvalue weighted by Gasteiger charge is 2.06. The van der Waals surface area contributed by atoms with Crippen molar-refractivity contribution in [3.8, 4) is 0 Å². The summed E-state index contributed by atoms with van der Waals surface area (Å²) in [5.41, 5.74) is 8.26. The molecule has 3 nitrogen and oxygen atoms in total. The van der Waals surface area contributed by atoms with Crippen LogP contribution < -0.4 is 11.1 Å². The molecule has 3 N–H and O–H groups in total. The number of hydrogen-bond acceptors (Lipinski definition) is 3. The minimum Gasteiger partial charge on any atom is -0.396 e. The first kappa shape index (κ1) is 12.1. The first-order valence-electron chi connectivity index (χ1n) is 5.01. The fourth-order valence-electron chi connectivity index (χ4n) is 1.39. The van der Waals surface area contributed by atoms with Crippen molar-refractivity contribution < 1.29 is 4.39 Å². The molecular weight excluding hydrogens is 332 g/mol. The van der Waals surface area contributed by atoms with Crippen LogP contribution in [0.3, 0.4) is 0 Å². The number of hydrogen-bond donors (Lipinski definition) is 2. The van der Waals surface area contributed by atoms with Gasteiger partial charge in [-0.3, -0.25) is 0 Å². The Balaban J connectivity index is 2.35. The SMILES string of the molecule is Cc1ccnc(Nc2ccc(F)cc2I)c1N. The molecule has 0 aliphatic carbocycles. The molecule has 1 heterocycles. The Morgan fingerprint density at radius 2 is 2.12 bits per heavy atom. The fourth-order valence-corrected chi connectivity index (χ4v) is 2.00. The number of nitrogens with zero attached hydrogens (tertiary/aromatic N) is 1. The summed E-state index contributed by atoms with van der Waals surface area (Å²) >= 11 is 2.06. The number of halogens is 2. The molecule has 0 fully saturated rings. The molecule has 0 saturated carbocycles. The topological polar surface area (TPSA) is 50.9 Å². The van der Waals surface area contributed by atoms with Gasteiger partial charge in [-0.05, 0) is 59.3 Å². The van der Waals surface area contributed by atoms with Gasteiger partial charge in [0.2, 0.25) is 0 Å². The summed E-state index contributed by atoms with van der Waals surface area (Å²) in [5.74, 6) is 0.333. The van der Waals surface area contributed by atoms with Crippen molar-refractivity contribution in [2.45, 2.75) is 6.92 Å². The monoisotopic (exact) mass is 343 g/mol. The second kappa shape index (κ2) is 4.87. The molecule has 0 saturated heterocycles. The third-order valence-electron chi connectivity index (χ3n) is 2.39. The van der Waals surface area contributed by atoms with E-state index in [-0.39, 0.29) is 5.82 Å². The molecule has 1 aromatic heterocycles. The predicted molar refractivity (Wildman–Crippen MR) is 75.8 cm³/mol. The number of benzene rings is 1. The molecule has 0 spiro atoms. The molecule has 5 heteroatoms. The highest BCUT2D eigenvalue weighted by Crippen LogP contribution is 2.26. The van der Waals surface area contributed by atoms with Gasteiger partial charge in [0, 0.05) is 9.77 Å². The van der Waals surface area contributed by atoms with Crippen molar-refractivity contribution in [2.24, 2.45) is 0 Å². The summed E-state index contributed by atoms with van der Waals surface area (Å²) in [6.07, 6.45) is 1.68. The Morgan fingerprint density at radius 3 is 2.82 bits per heavy atom. The minimum atomic E-state index is -0.259. The van der Waals surface area contributed by atoms with Crippen LogP contribution in [0.5, 0.6) is 0 Å². The highest BCUT2D eigenvalue weighted by molar-refractivity contribution is 14.1. The molecule has 0 unspecified atom stereocenters. The number of anilines is 3. The van der Waals surface area contributed by atoms with Gasteiger partial charge in [0.05, 0.1) is 11.4 Å². The molecule has 0 radical (unpaired) electrons. The second-order valence-electron chi connectivity index (χ2n) is 3.64. The van der Waals surface area contributed by atoms with E-state index in [1.54, 1.807) is 12.3 Å². The largest absolute Gasteiger partial charge is 0.396 e. The molecule has 88 valence electrons. The number of aryl methyl sites for hydroxylation is 1. The van der Waals surface area contributed by atoms with Gasteiger partial charge in [0.15, 0.2) is 5.82 Å². The van der Waals surface area contributed by atoms with Crippen molar-refractivity contribution in [1.29, 1.82) is 0 Å². The zero-order valence-electron chi connectivity index (χ0n) is 9.17. The van der Waals surface area contributed by atoms with E-state index >= 15 is 0 Å². The maximum atomic E-state index is 13.0. The van der Waals surface area contributed by atoms with Gasteiger partial charge in [0.25, 0.3) is 0 Å². The van der Waals surface area contributed by atoms with Gasteiger partial charge in [-0.1, -0.05) is 0 Å². The highest BCUT2D eigenvalue weighted by atomic mass is 127. The Morgan fingerprint density at radius 1 is 1.35 bits per heavy atom. The van der Waals surface area contributed by atoms with Crippen molar-refractivity contribution >= 4 is 39.8 Å². The van der Waals surface area contributed by atoms with Crippen LogP contribution in [0.4, 0.5) is 21.6 Å². The van der Waals surface area contributed by atoms with Gasteiger partial charge in [-0.25, -0.2) is 9.37 Å². The van der Waals surface area contributed by atoms with Crippen LogP contribution in [0.1, 0.15) is 5.56 Å². The van der Waals surface area contributed by atoms with Crippen molar-refractivity contribution in [3.05, 3.63) is 45.4 Å². The minimum absolute atomic E-state index is 0.259. The average molecular weight is 343 g/mol. The van der Waals surface area contributed by atoms with Crippen LogP contribution in [0.2, 0.25) is 0 Å². The molecule has 0 aliphatic heterocycles. The molecule has 17 heavy (non-hydrogen) atoms. The molecule has 2 rings (SSSR count). The normalized spacial score (nSPS) is 10.3. The van der Waals surface area contributed by atoms with E-state index < -0.39 is 0 Å². The number of nitrogens with two attached hydrogens (primary N) is 1. The van der Waals surface area contributed by atoms with Crippen molar-refractivity contribution in [2.75, 3.05) is 11.1 Å². The molecule has 2 aromatic rings. The molecule has 0 amide bonds. The smallest absolute Gasteiger partial charge is 0.153 e. The van der Waals surface area contributed by atoms with Crippen LogP contribution in [0.15, 0.2) is 30.5 Å². The molecule has 0 bridgehead atoms. The van der Waals surface area contributed by atoms with Crippen LogP contribution in [-0.4, -0.2) is 4.98 Å². The van der Waals surface area contributed by atoms with E-state index in [0.717, 1.165) is 14.8 Å². The van der Waals surface area contributed by atoms with Crippen LogP contribution in [0, 0.1) is 16.3 Å². The van der Waals surface area contributed by atoms with E-state index in [4.69, 9.17) is 5.73 Å². The van der Waals surface area contributed by atoms with Crippen molar-refractivity contribution in [3.63, 3.8) is 0 Å². The molecule has 1 aromatic carbocycles. The lowest BCUT2D eigenvalue weighted by Crippen LogP contribution is -2.02. The van der Waals surface area contributed by atoms with Gasteiger partial charge in [-0.15, -0.1) is 0 Å². The summed E-state index contributed by atoms with van der Waals surface area (Å²) in [4.78, 5) is 4.16. The summed E-state index contributed by atoms with van der Waals surface area (Å²) in [5, 5.41) is 3.10. The first-order chi connectivity index (χ1) is 8.08. The van der Waals surface area contributed by atoms with Crippen LogP contribution in [0.25, 0.3) is 0 Å². The zero-order valence-corrected chi connectivity index (χ0v) is 11.3. The molecule has 0 atom stereocenters. The standard InChI is InChI=1S/C12H11FIN3/c1-7-4-5-16-12(11(7)15)17-10-3-2-8(13)6-9(10)14/h2-6H,15H2,1H3,(H,16,17). The fraction of sp³-hybridized carbons (Fsp3) is 0.0833. The Kier molecular flexibility index (Phi) is 3.46. The van der Waals surface area contributed by atoms with E-state index in [9.17, 15) is 4.39 Å².